The summed E-state index contributed by atoms with van der Waals surface area (Å²) in [6.45, 7) is 1.39. The summed E-state index contributed by atoms with van der Waals surface area (Å²) in [5, 5.41) is 1.23. The minimum absolute atomic E-state index is 0.200. The van der Waals surface area contributed by atoms with Gasteiger partial charge in [0.1, 0.15) is 0 Å². The van der Waals surface area contributed by atoms with E-state index in [1.807, 2.05) is 0 Å². The summed E-state index contributed by atoms with van der Waals surface area (Å²) < 4.78 is 1.22. The Morgan fingerprint density at radius 1 is 1.62 bits per heavy atom. The molecule has 1 heterocycles. The molecule has 0 aliphatic carbocycles. The zero-order valence-corrected chi connectivity index (χ0v) is 8.28. The molecular formula is C8H10N2O2S. The summed E-state index contributed by atoms with van der Waals surface area (Å²) in [5.41, 5.74) is -0.273. The van der Waals surface area contributed by atoms with E-state index in [2.05, 4.69) is 12.6 Å². The molecule has 4 nitrogen and oxygen atoms in total. The topological polar surface area (TPSA) is 42.3 Å². The van der Waals surface area contributed by atoms with Crippen LogP contribution in [0.3, 0.4) is 0 Å². The van der Waals surface area contributed by atoms with Gasteiger partial charge in [-0.2, -0.15) is 0 Å². The molecule has 0 fully saturated rings. The third-order valence-electron chi connectivity index (χ3n) is 1.66. The summed E-state index contributed by atoms with van der Waals surface area (Å²) in [4.78, 5) is 22.8. The van der Waals surface area contributed by atoms with Gasteiger partial charge in [0, 0.05) is 31.1 Å². The molecule has 70 valence electrons. The molecule has 0 spiro atoms. The van der Waals surface area contributed by atoms with Crippen molar-refractivity contribution in [3.05, 3.63) is 28.7 Å². The molecular weight excluding hydrogens is 188 g/mol. The molecule has 0 unspecified atom stereocenters. The molecule has 0 saturated heterocycles. The maximum atomic E-state index is 11.3. The van der Waals surface area contributed by atoms with E-state index in [-0.39, 0.29) is 11.5 Å². The van der Waals surface area contributed by atoms with Crippen LogP contribution in [0.25, 0.3) is 0 Å². The molecule has 13 heavy (non-hydrogen) atoms. The lowest BCUT2D eigenvalue weighted by molar-refractivity contribution is -0.117. The van der Waals surface area contributed by atoms with Crippen LogP contribution in [0.1, 0.15) is 6.92 Å². The normalized spacial score (nSPS) is 9.77. The van der Waals surface area contributed by atoms with E-state index in [0.717, 1.165) is 0 Å². The quantitative estimate of drug-likeness (QED) is 0.657. The van der Waals surface area contributed by atoms with Crippen LogP contribution in [0.2, 0.25) is 0 Å². The predicted octanol–water partition coefficient (Wildman–Crippen LogP) is 0.251. The molecule has 1 rings (SSSR count). The molecule has 0 bridgehead atoms. The SMILES string of the molecule is CC(=O)N(C)n1ccc(S)cc1=O. The van der Waals surface area contributed by atoms with Crippen LogP contribution in [-0.4, -0.2) is 17.6 Å². The van der Waals surface area contributed by atoms with Gasteiger partial charge in [-0.1, -0.05) is 0 Å². The second-order valence-corrected chi connectivity index (χ2v) is 3.13. The second-order valence-electron chi connectivity index (χ2n) is 2.61. The molecule has 1 aromatic heterocycles. The van der Waals surface area contributed by atoms with Gasteiger partial charge >= 0.3 is 0 Å². The van der Waals surface area contributed by atoms with Crippen molar-refractivity contribution in [3.63, 3.8) is 0 Å². The fourth-order valence-corrected chi connectivity index (χ4v) is 1.04. The van der Waals surface area contributed by atoms with Crippen LogP contribution in [0.15, 0.2) is 28.0 Å². The number of pyridine rings is 1. The van der Waals surface area contributed by atoms with E-state index in [0.29, 0.717) is 4.90 Å². The van der Waals surface area contributed by atoms with Gasteiger partial charge < -0.3 is 0 Å². The number of hydrogen-bond donors (Lipinski definition) is 1. The van der Waals surface area contributed by atoms with Gasteiger partial charge in [0.05, 0.1) is 0 Å². The number of carbonyl (C=O) groups is 1. The van der Waals surface area contributed by atoms with Crippen LogP contribution >= 0.6 is 12.6 Å². The van der Waals surface area contributed by atoms with E-state index < -0.39 is 0 Å². The number of amides is 1. The van der Waals surface area contributed by atoms with Crippen molar-refractivity contribution in [1.29, 1.82) is 0 Å². The number of carbonyl (C=O) groups excluding carboxylic acids is 1. The highest BCUT2D eigenvalue weighted by Gasteiger charge is 2.05. The van der Waals surface area contributed by atoms with Crippen molar-refractivity contribution in [1.82, 2.24) is 4.68 Å². The summed E-state index contributed by atoms with van der Waals surface area (Å²) in [5.74, 6) is -0.200. The average molecular weight is 198 g/mol. The molecule has 1 aromatic rings. The minimum atomic E-state index is -0.273. The summed E-state index contributed by atoms with van der Waals surface area (Å²) >= 11 is 4.00. The molecule has 0 N–H and O–H groups in total. The molecule has 0 aliphatic heterocycles. The first-order chi connectivity index (χ1) is 6.02. The van der Waals surface area contributed by atoms with Crippen molar-refractivity contribution in [2.24, 2.45) is 0 Å². The maximum Gasteiger partial charge on any atom is 0.270 e. The standard InChI is InChI=1S/C8H10N2O2S/c1-6(11)9(2)10-4-3-7(13)5-8(10)12/h3-5,13H,1-2H3. The number of rotatable bonds is 1. The fraction of sp³-hybridized carbons (Fsp3) is 0.250. The third-order valence-corrected chi connectivity index (χ3v) is 1.94. The van der Waals surface area contributed by atoms with E-state index in [4.69, 9.17) is 0 Å². The number of aromatic nitrogens is 1. The van der Waals surface area contributed by atoms with E-state index in [1.54, 1.807) is 6.07 Å². The van der Waals surface area contributed by atoms with Crippen LogP contribution in [0, 0.1) is 0 Å². The Hall–Kier alpha value is -1.23. The van der Waals surface area contributed by atoms with Gasteiger partial charge in [0.2, 0.25) is 5.91 Å². The first-order valence-corrected chi connectivity index (χ1v) is 4.13. The molecule has 0 atom stereocenters. The smallest absolute Gasteiger partial charge is 0.270 e. The lowest BCUT2D eigenvalue weighted by Gasteiger charge is -2.16. The van der Waals surface area contributed by atoms with Crippen molar-refractivity contribution < 1.29 is 4.79 Å². The number of hydrogen-bond acceptors (Lipinski definition) is 3. The van der Waals surface area contributed by atoms with Crippen molar-refractivity contribution in [3.8, 4) is 0 Å². The Labute approximate surface area is 81.2 Å². The Kier molecular flexibility index (Phi) is 2.77. The fourth-order valence-electron chi connectivity index (χ4n) is 0.861. The van der Waals surface area contributed by atoms with Gasteiger partial charge in [-0.3, -0.25) is 14.6 Å². The Morgan fingerprint density at radius 3 is 2.69 bits per heavy atom. The number of nitrogens with zero attached hydrogens (tertiary/aromatic N) is 2. The van der Waals surface area contributed by atoms with Crippen LogP contribution < -0.4 is 10.6 Å². The molecule has 0 aromatic carbocycles. The summed E-state index contributed by atoms with van der Waals surface area (Å²) in [6.07, 6.45) is 1.51. The van der Waals surface area contributed by atoms with Crippen molar-refractivity contribution >= 4 is 18.5 Å². The Bertz CT molecular complexity index is 386. The highest BCUT2D eigenvalue weighted by Crippen LogP contribution is 1.99. The van der Waals surface area contributed by atoms with Crippen molar-refractivity contribution in [2.75, 3.05) is 12.1 Å². The second kappa shape index (κ2) is 3.66. The monoisotopic (exact) mass is 198 g/mol. The highest BCUT2D eigenvalue weighted by molar-refractivity contribution is 7.80. The minimum Gasteiger partial charge on any atom is -0.273 e. The van der Waals surface area contributed by atoms with Gasteiger partial charge in [-0.25, -0.2) is 4.68 Å². The molecule has 0 radical (unpaired) electrons. The highest BCUT2D eigenvalue weighted by atomic mass is 32.1. The van der Waals surface area contributed by atoms with Gasteiger partial charge in [-0.15, -0.1) is 12.6 Å². The zero-order valence-electron chi connectivity index (χ0n) is 7.39. The molecule has 0 saturated carbocycles. The first-order valence-electron chi connectivity index (χ1n) is 3.68. The maximum absolute atomic E-state index is 11.3. The summed E-state index contributed by atoms with van der Waals surface area (Å²) in [7, 11) is 1.53. The molecule has 5 heteroatoms. The van der Waals surface area contributed by atoms with Crippen molar-refractivity contribution in [2.45, 2.75) is 11.8 Å². The van der Waals surface area contributed by atoms with Crippen LogP contribution in [0.5, 0.6) is 0 Å². The van der Waals surface area contributed by atoms with E-state index in [9.17, 15) is 9.59 Å². The van der Waals surface area contributed by atoms with Gasteiger partial charge in [-0.05, 0) is 6.07 Å². The molecule has 1 amide bonds. The lowest BCUT2D eigenvalue weighted by Crippen LogP contribution is -2.41. The lowest BCUT2D eigenvalue weighted by atomic mass is 10.5. The summed E-state index contributed by atoms with van der Waals surface area (Å²) in [6, 6.07) is 2.99. The van der Waals surface area contributed by atoms with Gasteiger partial charge in [0.25, 0.3) is 5.56 Å². The first kappa shape index (κ1) is 9.85. The largest absolute Gasteiger partial charge is 0.273 e. The van der Waals surface area contributed by atoms with E-state index >= 15 is 0 Å². The van der Waals surface area contributed by atoms with Gasteiger partial charge in [0.15, 0.2) is 0 Å². The Morgan fingerprint density at radius 2 is 2.23 bits per heavy atom. The average Bonchev–Trinajstić information content (AvgIpc) is 2.03. The number of thiol groups is 1. The zero-order chi connectivity index (χ0) is 10.0. The van der Waals surface area contributed by atoms with Crippen LogP contribution in [0.4, 0.5) is 0 Å². The third kappa shape index (κ3) is 2.12. The van der Waals surface area contributed by atoms with Crippen LogP contribution in [-0.2, 0) is 4.79 Å². The molecule has 0 aliphatic rings. The predicted molar refractivity (Wildman–Crippen MR) is 52.8 cm³/mol. The van der Waals surface area contributed by atoms with E-state index in [1.165, 1.54) is 35.9 Å². The Balaban J connectivity index is 3.16.